The van der Waals surface area contributed by atoms with Crippen LogP contribution in [0.15, 0.2) is 177 Å². The van der Waals surface area contributed by atoms with Gasteiger partial charge in [0.2, 0.25) is 0 Å². The number of nitrogens with zero attached hydrogens (tertiary/aromatic N) is 5. The van der Waals surface area contributed by atoms with E-state index in [1.54, 1.807) is 18.2 Å². The molecule has 0 fully saturated rings. The van der Waals surface area contributed by atoms with Crippen molar-refractivity contribution in [3.8, 4) is 84.7 Å². The molecular formula is C49H33N5. The molecule has 0 saturated heterocycles. The van der Waals surface area contributed by atoms with Gasteiger partial charge in [0.15, 0.2) is 5.82 Å². The minimum atomic E-state index is 0.558. The van der Waals surface area contributed by atoms with Gasteiger partial charge in [-0.25, -0.2) is 19.9 Å². The second-order valence-corrected chi connectivity index (χ2v) is 12.7. The third kappa shape index (κ3) is 6.88. The number of aromatic nitrogens is 4. The second kappa shape index (κ2) is 15.0. The molecule has 5 heteroatoms. The first-order valence-electron chi connectivity index (χ1n) is 17.6. The summed E-state index contributed by atoms with van der Waals surface area (Å²) in [6, 6.07) is 57.4. The van der Waals surface area contributed by atoms with Crippen LogP contribution >= 0.6 is 0 Å². The first-order valence-corrected chi connectivity index (χ1v) is 17.6. The molecule has 0 aliphatic carbocycles. The molecule has 0 amide bonds. The summed E-state index contributed by atoms with van der Waals surface area (Å²) in [5.74, 6) is 0.687. The molecule has 0 aliphatic heterocycles. The highest BCUT2D eigenvalue weighted by atomic mass is 14.9. The van der Waals surface area contributed by atoms with E-state index in [-0.39, 0.29) is 0 Å². The zero-order valence-electron chi connectivity index (χ0n) is 29.4. The van der Waals surface area contributed by atoms with Crippen molar-refractivity contribution in [2.45, 2.75) is 0 Å². The molecule has 6 aromatic carbocycles. The van der Waals surface area contributed by atoms with Crippen molar-refractivity contribution in [3.05, 3.63) is 194 Å². The van der Waals surface area contributed by atoms with Gasteiger partial charge in [-0.2, -0.15) is 5.26 Å². The molecule has 5 nitrogen and oxygen atoms in total. The Labute approximate surface area is 315 Å². The minimum absolute atomic E-state index is 0.558. The number of rotatable bonds is 9. The third-order valence-corrected chi connectivity index (χ3v) is 9.32. The topological polar surface area (TPSA) is 75.3 Å². The Kier molecular flexibility index (Phi) is 9.31. The molecule has 8 aromatic rings. The standard InChI is InChI=1S/C49H33N5/c1-3-43-44(4-2)52-48(42-17-11-12-33(30-42)32-50)47(51-43)40-26-22-36(23-27-40)34-18-20-35(21-19-34)37-24-28-41(29-25-37)49-53-45(38-13-7-5-8-14-38)31-46(54-49)39-15-9-6-10-16-39/h3-31H,1-2H2. The zero-order valence-corrected chi connectivity index (χ0v) is 29.4. The lowest BCUT2D eigenvalue weighted by atomic mass is 9.97. The summed E-state index contributed by atoms with van der Waals surface area (Å²) < 4.78 is 0. The zero-order chi connectivity index (χ0) is 36.9. The predicted octanol–water partition coefficient (Wildman–Crippen LogP) is 12.1. The molecule has 54 heavy (non-hydrogen) atoms. The van der Waals surface area contributed by atoms with Gasteiger partial charge in [0.1, 0.15) is 0 Å². The van der Waals surface area contributed by atoms with Crippen LogP contribution in [0.25, 0.3) is 90.8 Å². The van der Waals surface area contributed by atoms with E-state index < -0.39 is 0 Å². The summed E-state index contributed by atoms with van der Waals surface area (Å²) in [4.78, 5) is 19.8. The van der Waals surface area contributed by atoms with Crippen molar-refractivity contribution in [2.75, 3.05) is 0 Å². The van der Waals surface area contributed by atoms with Gasteiger partial charge in [0.05, 0.1) is 45.8 Å². The quantitative estimate of drug-likeness (QED) is 0.151. The lowest BCUT2D eigenvalue weighted by Crippen LogP contribution is -2.00. The lowest BCUT2D eigenvalue weighted by molar-refractivity contribution is 1.17. The molecule has 8 rings (SSSR count). The highest BCUT2D eigenvalue weighted by Crippen LogP contribution is 2.34. The summed E-state index contributed by atoms with van der Waals surface area (Å²) in [5, 5.41) is 9.52. The Morgan fingerprint density at radius 3 is 1.24 bits per heavy atom. The van der Waals surface area contributed by atoms with Crippen molar-refractivity contribution in [2.24, 2.45) is 0 Å². The van der Waals surface area contributed by atoms with Crippen LogP contribution in [0.3, 0.4) is 0 Å². The molecule has 254 valence electrons. The highest BCUT2D eigenvalue weighted by molar-refractivity contribution is 5.82. The summed E-state index contributed by atoms with van der Waals surface area (Å²) in [6.07, 6.45) is 3.36. The SMILES string of the molecule is C=Cc1nc(-c2ccc(-c3ccc(-c4ccc(-c5nc(-c6ccccc6)cc(-c6ccccc6)n5)cc4)cc3)cc2)c(-c2cccc(C#N)c2)nc1C=C. The van der Waals surface area contributed by atoms with Crippen LogP contribution in [0.5, 0.6) is 0 Å². The average molecular weight is 692 g/mol. The van der Waals surface area contributed by atoms with Crippen LogP contribution in [0, 0.1) is 11.3 Å². The van der Waals surface area contributed by atoms with Gasteiger partial charge < -0.3 is 0 Å². The number of hydrogen-bond donors (Lipinski definition) is 0. The molecule has 0 atom stereocenters. The maximum Gasteiger partial charge on any atom is 0.160 e. The van der Waals surface area contributed by atoms with Gasteiger partial charge in [0.25, 0.3) is 0 Å². The van der Waals surface area contributed by atoms with Gasteiger partial charge in [-0.05, 0) is 52.6 Å². The maximum absolute atomic E-state index is 9.52. The van der Waals surface area contributed by atoms with Crippen LogP contribution in [0.2, 0.25) is 0 Å². The van der Waals surface area contributed by atoms with E-state index in [0.29, 0.717) is 34.2 Å². The fourth-order valence-corrected chi connectivity index (χ4v) is 6.48. The molecule has 0 radical (unpaired) electrons. The Morgan fingerprint density at radius 2 is 0.796 bits per heavy atom. The molecule has 2 heterocycles. The van der Waals surface area contributed by atoms with Crippen LogP contribution in [-0.4, -0.2) is 19.9 Å². The summed E-state index contributed by atoms with van der Waals surface area (Å²) in [6.45, 7) is 7.85. The fraction of sp³-hybridized carbons (Fsp3) is 0. The van der Waals surface area contributed by atoms with Crippen LogP contribution < -0.4 is 0 Å². The number of benzene rings is 6. The molecule has 0 spiro atoms. The molecule has 0 aliphatic rings. The van der Waals surface area contributed by atoms with Crippen molar-refractivity contribution >= 4 is 12.2 Å². The predicted molar refractivity (Wildman–Crippen MR) is 221 cm³/mol. The van der Waals surface area contributed by atoms with Crippen LogP contribution in [0.1, 0.15) is 17.0 Å². The molecule has 0 N–H and O–H groups in total. The third-order valence-electron chi connectivity index (χ3n) is 9.32. The number of nitriles is 1. The van der Waals surface area contributed by atoms with Gasteiger partial charge >= 0.3 is 0 Å². The molecule has 2 aromatic heterocycles. The highest BCUT2D eigenvalue weighted by Gasteiger charge is 2.16. The molecular weight excluding hydrogens is 659 g/mol. The largest absolute Gasteiger partial charge is 0.244 e. The van der Waals surface area contributed by atoms with Gasteiger partial charge in [-0.3, -0.25) is 0 Å². The summed E-state index contributed by atoms with van der Waals surface area (Å²) in [7, 11) is 0. The van der Waals surface area contributed by atoms with Gasteiger partial charge in [-0.1, -0.05) is 159 Å². The van der Waals surface area contributed by atoms with Gasteiger partial charge in [-0.15, -0.1) is 0 Å². The van der Waals surface area contributed by atoms with Crippen LogP contribution in [0.4, 0.5) is 0 Å². The average Bonchev–Trinajstić information content (AvgIpc) is 3.26. The molecule has 0 bridgehead atoms. The first-order chi connectivity index (χ1) is 26.6. The van der Waals surface area contributed by atoms with E-state index in [4.69, 9.17) is 19.9 Å². The van der Waals surface area contributed by atoms with Gasteiger partial charge in [0, 0.05) is 27.8 Å². The van der Waals surface area contributed by atoms with E-state index in [0.717, 1.165) is 61.5 Å². The Balaban J connectivity index is 1.06. The number of hydrogen-bond acceptors (Lipinski definition) is 5. The summed E-state index contributed by atoms with van der Waals surface area (Å²) in [5.41, 5.74) is 14.2. The monoisotopic (exact) mass is 691 g/mol. The normalized spacial score (nSPS) is 10.7. The van der Waals surface area contributed by atoms with Crippen molar-refractivity contribution in [1.29, 1.82) is 5.26 Å². The fourth-order valence-electron chi connectivity index (χ4n) is 6.48. The van der Waals surface area contributed by atoms with Crippen molar-refractivity contribution in [3.63, 3.8) is 0 Å². The lowest BCUT2D eigenvalue weighted by Gasteiger charge is -2.13. The van der Waals surface area contributed by atoms with E-state index >= 15 is 0 Å². The Hall–Kier alpha value is -7.55. The second-order valence-electron chi connectivity index (χ2n) is 12.7. The van der Waals surface area contributed by atoms with E-state index in [2.05, 4.69) is 122 Å². The van der Waals surface area contributed by atoms with E-state index in [1.165, 1.54) is 0 Å². The maximum atomic E-state index is 9.52. The van der Waals surface area contributed by atoms with Crippen molar-refractivity contribution < 1.29 is 0 Å². The van der Waals surface area contributed by atoms with Crippen molar-refractivity contribution in [1.82, 2.24) is 19.9 Å². The van der Waals surface area contributed by atoms with Crippen LogP contribution in [-0.2, 0) is 0 Å². The summed E-state index contributed by atoms with van der Waals surface area (Å²) >= 11 is 0. The first kappa shape index (κ1) is 33.6. The van der Waals surface area contributed by atoms with E-state index in [9.17, 15) is 5.26 Å². The smallest absolute Gasteiger partial charge is 0.160 e. The minimum Gasteiger partial charge on any atom is -0.244 e. The van der Waals surface area contributed by atoms with E-state index in [1.807, 2.05) is 54.6 Å². The molecule has 0 unspecified atom stereocenters. The Bertz CT molecular complexity index is 2600. The Morgan fingerprint density at radius 1 is 0.389 bits per heavy atom. The molecule has 0 saturated carbocycles.